The number of carbonyl (C=O) groups is 1. The highest BCUT2D eigenvalue weighted by Gasteiger charge is 2.41. The van der Waals surface area contributed by atoms with Gasteiger partial charge in [-0.3, -0.25) is 0 Å². The van der Waals surface area contributed by atoms with E-state index >= 15 is 0 Å². The number of rotatable bonds is 2. The van der Waals surface area contributed by atoms with Crippen LogP contribution in [0.3, 0.4) is 0 Å². The maximum atomic E-state index is 12.4. The number of hydrogen-bond acceptors (Lipinski definition) is 3. The molecule has 2 atom stereocenters. The Bertz CT molecular complexity index is 266. The normalized spacial score (nSPS) is 22.9. The van der Waals surface area contributed by atoms with Crippen molar-refractivity contribution in [1.29, 1.82) is 0 Å². The number of alkyl halides is 2. The molecule has 6 heteroatoms. The first-order chi connectivity index (χ1) is 7.22. The average molecular weight is 236 g/mol. The molecule has 16 heavy (non-hydrogen) atoms. The second kappa shape index (κ2) is 4.53. The second-order valence-electron chi connectivity index (χ2n) is 4.94. The van der Waals surface area contributed by atoms with Crippen molar-refractivity contribution in [2.75, 3.05) is 6.54 Å². The third kappa shape index (κ3) is 3.04. The molecule has 1 amide bonds. The Morgan fingerprint density at radius 1 is 1.50 bits per heavy atom. The minimum absolute atomic E-state index is 0.431. The van der Waals surface area contributed by atoms with Crippen molar-refractivity contribution in [2.24, 2.45) is 5.73 Å². The zero-order valence-corrected chi connectivity index (χ0v) is 9.74. The van der Waals surface area contributed by atoms with Crippen molar-refractivity contribution in [3.05, 3.63) is 0 Å². The van der Waals surface area contributed by atoms with Crippen molar-refractivity contribution in [3.63, 3.8) is 0 Å². The third-order valence-electron chi connectivity index (χ3n) is 2.43. The van der Waals surface area contributed by atoms with Gasteiger partial charge in [0.2, 0.25) is 0 Å². The van der Waals surface area contributed by atoms with E-state index < -0.39 is 30.2 Å². The van der Waals surface area contributed by atoms with Gasteiger partial charge in [0.25, 0.3) is 6.43 Å². The molecule has 1 saturated heterocycles. The summed E-state index contributed by atoms with van der Waals surface area (Å²) in [6, 6.07) is -1.89. The van der Waals surface area contributed by atoms with Gasteiger partial charge in [-0.1, -0.05) is 0 Å². The van der Waals surface area contributed by atoms with Crippen LogP contribution < -0.4 is 5.73 Å². The third-order valence-corrected chi connectivity index (χ3v) is 2.43. The number of amides is 1. The molecule has 2 unspecified atom stereocenters. The van der Waals surface area contributed by atoms with Crippen molar-refractivity contribution in [1.82, 2.24) is 4.90 Å². The van der Waals surface area contributed by atoms with Gasteiger partial charge in [-0.15, -0.1) is 0 Å². The molecule has 1 heterocycles. The van der Waals surface area contributed by atoms with Gasteiger partial charge in [0, 0.05) is 6.54 Å². The largest absolute Gasteiger partial charge is 0.444 e. The Morgan fingerprint density at radius 2 is 2.06 bits per heavy atom. The molecular formula is C10H18F2N2O2. The lowest BCUT2D eigenvalue weighted by atomic mass is 9.96. The first kappa shape index (κ1) is 13.2. The van der Waals surface area contributed by atoms with Crippen molar-refractivity contribution >= 4 is 6.09 Å². The minimum atomic E-state index is -2.62. The number of nitrogens with zero attached hydrogens (tertiary/aromatic N) is 1. The molecule has 4 nitrogen and oxygen atoms in total. The number of ether oxygens (including phenoxy) is 1. The molecule has 1 fully saturated rings. The monoisotopic (exact) mass is 236 g/mol. The summed E-state index contributed by atoms with van der Waals surface area (Å²) in [4.78, 5) is 12.8. The molecule has 0 aromatic heterocycles. The quantitative estimate of drug-likeness (QED) is 0.792. The van der Waals surface area contributed by atoms with E-state index in [4.69, 9.17) is 10.5 Å². The SMILES string of the molecule is CC(C)(C)OC(=O)N1CCC1C(N)C(F)F. The summed E-state index contributed by atoms with van der Waals surface area (Å²) in [6.07, 6.45) is -2.68. The fraction of sp³-hybridized carbons (Fsp3) is 0.900. The van der Waals surface area contributed by atoms with E-state index in [0.717, 1.165) is 0 Å². The highest BCUT2D eigenvalue weighted by molar-refractivity contribution is 5.69. The molecule has 0 aromatic carbocycles. The van der Waals surface area contributed by atoms with E-state index in [1.54, 1.807) is 20.8 Å². The average Bonchev–Trinajstić information content (AvgIpc) is 1.97. The van der Waals surface area contributed by atoms with Crippen LogP contribution in [0.5, 0.6) is 0 Å². The van der Waals surface area contributed by atoms with Gasteiger partial charge >= 0.3 is 6.09 Å². The summed E-state index contributed by atoms with van der Waals surface area (Å²) >= 11 is 0. The van der Waals surface area contributed by atoms with Crippen molar-refractivity contribution in [2.45, 2.75) is 51.3 Å². The molecule has 2 N–H and O–H groups in total. The maximum absolute atomic E-state index is 12.4. The van der Waals surface area contributed by atoms with Crippen LogP contribution in [0.15, 0.2) is 0 Å². The van der Waals surface area contributed by atoms with Crippen molar-refractivity contribution < 1.29 is 18.3 Å². The van der Waals surface area contributed by atoms with Crippen LogP contribution in [0.4, 0.5) is 13.6 Å². The van der Waals surface area contributed by atoms with Crippen LogP contribution >= 0.6 is 0 Å². The first-order valence-electron chi connectivity index (χ1n) is 5.26. The molecule has 0 bridgehead atoms. The van der Waals surface area contributed by atoms with E-state index in [0.29, 0.717) is 13.0 Å². The summed E-state index contributed by atoms with van der Waals surface area (Å²) < 4.78 is 29.8. The Labute approximate surface area is 93.7 Å². The number of halogens is 2. The predicted molar refractivity (Wildman–Crippen MR) is 55.3 cm³/mol. The van der Waals surface area contributed by atoms with Crippen LogP contribution in [0.1, 0.15) is 27.2 Å². The van der Waals surface area contributed by atoms with Crippen LogP contribution in [-0.2, 0) is 4.74 Å². The minimum Gasteiger partial charge on any atom is -0.444 e. The first-order valence-corrected chi connectivity index (χ1v) is 5.26. The topological polar surface area (TPSA) is 55.6 Å². The van der Waals surface area contributed by atoms with Crippen LogP contribution in [0.2, 0.25) is 0 Å². The van der Waals surface area contributed by atoms with Gasteiger partial charge in [-0.05, 0) is 27.2 Å². The van der Waals surface area contributed by atoms with Gasteiger partial charge < -0.3 is 15.4 Å². The number of hydrogen-bond donors (Lipinski definition) is 1. The van der Waals surface area contributed by atoms with Gasteiger partial charge in [0.05, 0.1) is 12.1 Å². The van der Waals surface area contributed by atoms with Gasteiger partial charge in [0.1, 0.15) is 5.60 Å². The second-order valence-corrected chi connectivity index (χ2v) is 4.94. The van der Waals surface area contributed by atoms with Gasteiger partial charge in [-0.25, -0.2) is 13.6 Å². The molecule has 0 aliphatic carbocycles. The number of likely N-dealkylation sites (tertiary alicyclic amines) is 1. The van der Waals surface area contributed by atoms with Gasteiger partial charge in [0.15, 0.2) is 0 Å². The molecule has 0 saturated carbocycles. The Morgan fingerprint density at radius 3 is 2.38 bits per heavy atom. The van der Waals surface area contributed by atoms with E-state index in [-0.39, 0.29) is 0 Å². The molecule has 1 aliphatic heterocycles. The Kier molecular flexibility index (Phi) is 3.72. The highest BCUT2D eigenvalue weighted by Crippen LogP contribution is 2.25. The van der Waals surface area contributed by atoms with Crippen LogP contribution in [-0.4, -0.2) is 41.6 Å². The van der Waals surface area contributed by atoms with E-state index in [9.17, 15) is 13.6 Å². The van der Waals surface area contributed by atoms with E-state index in [1.807, 2.05) is 0 Å². The summed E-state index contributed by atoms with van der Waals surface area (Å²) in [5.41, 5.74) is 4.70. The van der Waals surface area contributed by atoms with E-state index in [1.165, 1.54) is 4.90 Å². The summed E-state index contributed by atoms with van der Waals surface area (Å²) in [7, 11) is 0. The maximum Gasteiger partial charge on any atom is 0.410 e. The van der Waals surface area contributed by atoms with Crippen LogP contribution in [0, 0.1) is 0 Å². The zero-order chi connectivity index (χ0) is 12.5. The fourth-order valence-corrected chi connectivity index (χ4v) is 1.52. The summed E-state index contributed by atoms with van der Waals surface area (Å²) in [5, 5.41) is 0. The van der Waals surface area contributed by atoms with Gasteiger partial charge in [-0.2, -0.15) is 0 Å². The van der Waals surface area contributed by atoms with Crippen molar-refractivity contribution in [3.8, 4) is 0 Å². The molecule has 1 rings (SSSR count). The van der Waals surface area contributed by atoms with E-state index in [2.05, 4.69) is 0 Å². The molecule has 1 aliphatic rings. The molecule has 94 valence electrons. The lowest BCUT2D eigenvalue weighted by molar-refractivity contribution is -0.0271. The lowest BCUT2D eigenvalue weighted by Gasteiger charge is -2.43. The molecular weight excluding hydrogens is 218 g/mol. The number of carbonyl (C=O) groups excluding carboxylic acids is 1. The Balaban J connectivity index is 2.53. The Hall–Kier alpha value is -0.910. The highest BCUT2D eigenvalue weighted by atomic mass is 19.3. The predicted octanol–water partition coefficient (Wildman–Crippen LogP) is 1.59. The molecule has 0 spiro atoms. The summed E-state index contributed by atoms with van der Waals surface area (Å²) in [6.45, 7) is 5.62. The van der Waals surface area contributed by atoms with Crippen LogP contribution in [0.25, 0.3) is 0 Å². The zero-order valence-electron chi connectivity index (χ0n) is 9.74. The lowest BCUT2D eigenvalue weighted by Crippen LogP contribution is -2.61. The molecule has 0 radical (unpaired) electrons. The summed E-state index contributed by atoms with van der Waals surface area (Å²) in [5.74, 6) is 0. The standard InChI is InChI=1S/C10H18F2N2O2/c1-10(2,3)16-9(15)14-5-4-6(14)7(13)8(11)12/h6-8H,4-5,13H2,1-3H3. The fourth-order valence-electron chi connectivity index (χ4n) is 1.52. The smallest absolute Gasteiger partial charge is 0.410 e. The molecule has 0 aromatic rings. The number of nitrogens with two attached hydrogens (primary N) is 1.